The Hall–Kier alpha value is -4.55. The second-order valence-corrected chi connectivity index (χ2v) is 13.0. The molecule has 0 unspecified atom stereocenters. The summed E-state index contributed by atoms with van der Waals surface area (Å²) in [4.78, 5) is 45.4. The van der Waals surface area contributed by atoms with Crippen LogP contribution in [0.5, 0.6) is 5.88 Å². The Balaban J connectivity index is 1.16. The monoisotopic (exact) mass is 651 g/mol. The fourth-order valence-corrected chi connectivity index (χ4v) is 6.69. The van der Waals surface area contributed by atoms with E-state index in [0.717, 1.165) is 74.1 Å². The van der Waals surface area contributed by atoms with Crippen LogP contribution in [-0.4, -0.2) is 85.9 Å². The number of nitrogens with two attached hydrogens (primary N) is 1. The van der Waals surface area contributed by atoms with Gasteiger partial charge in [-0.3, -0.25) is 9.59 Å². The number of hydrogen-bond donors (Lipinski definition) is 2. The third-order valence-corrected chi connectivity index (χ3v) is 9.78. The minimum Gasteiger partial charge on any atom is -0.480 e. The number of nitrogens with zero attached hydrogens (tertiary/aromatic N) is 7. The van der Waals surface area contributed by atoms with E-state index in [9.17, 15) is 9.59 Å². The molecule has 1 saturated heterocycles. The van der Waals surface area contributed by atoms with Crippen molar-refractivity contribution in [2.45, 2.75) is 38.5 Å². The highest BCUT2D eigenvalue weighted by atomic mass is 16.5. The van der Waals surface area contributed by atoms with Crippen molar-refractivity contribution in [3.8, 4) is 17.0 Å². The van der Waals surface area contributed by atoms with Crippen LogP contribution in [0.2, 0.25) is 0 Å². The minimum atomic E-state index is -0.524. The van der Waals surface area contributed by atoms with Crippen LogP contribution in [0.25, 0.3) is 11.1 Å². The molecule has 12 nitrogen and oxygen atoms in total. The first-order valence-corrected chi connectivity index (χ1v) is 16.9. The first-order chi connectivity index (χ1) is 23.4. The van der Waals surface area contributed by atoms with Crippen LogP contribution in [0.15, 0.2) is 69.9 Å². The number of likely N-dealkylation sites (N-methyl/N-ethyl adjacent to an activating group) is 1. The number of ether oxygens (including phenoxy) is 1. The van der Waals surface area contributed by atoms with Gasteiger partial charge in [0.1, 0.15) is 5.78 Å². The molecule has 2 aromatic carbocycles. The van der Waals surface area contributed by atoms with E-state index in [0.29, 0.717) is 48.9 Å². The summed E-state index contributed by atoms with van der Waals surface area (Å²) in [6, 6.07) is 15.4. The largest absolute Gasteiger partial charge is 0.480 e. The van der Waals surface area contributed by atoms with Crippen molar-refractivity contribution in [2.24, 2.45) is 38.7 Å². The number of methoxy groups -OCH3 is 1. The first-order valence-electron chi connectivity index (χ1n) is 16.9. The van der Waals surface area contributed by atoms with E-state index in [4.69, 9.17) is 15.5 Å². The van der Waals surface area contributed by atoms with Gasteiger partial charge in [0.05, 0.1) is 12.7 Å². The number of Topliss-reactive ketones (excluding diaryl/α,β-unsaturated/α-hetero) is 1. The molecule has 0 spiro atoms. The van der Waals surface area contributed by atoms with Gasteiger partial charge in [-0.15, -0.1) is 5.11 Å². The number of piperazine rings is 1. The molecule has 48 heavy (non-hydrogen) atoms. The van der Waals surface area contributed by atoms with Crippen molar-refractivity contribution in [1.29, 1.82) is 0 Å². The summed E-state index contributed by atoms with van der Waals surface area (Å²) in [6.45, 7) is 4.66. The number of amides is 1. The number of aromatic nitrogens is 2. The Bertz CT molecular complexity index is 1630. The van der Waals surface area contributed by atoms with Crippen LogP contribution < -0.4 is 20.7 Å². The van der Waals surface area contributed by atoms with E-state index in [1.807, 2.05) is 54.7 Å². The van der Waals surface area contributed by atoms with Crippen LogP contribution >= 0.6 is 0 Å². The predicted octanol–water partition coefficient (Wildman–Crippen LogP) is 4.60. The zero-order valence-electron chi connectivity index (χ0n) is 27.8. The van der Waals surface area contributed by atoms with E-state index in [2.05, 4.69) is 42.4 Å². The topological polar surface area (TPSA) is 151 Å². The van der Waals surface area contributed by atoms with Crippen LogP contribution in [0.4, 0.5) is 11.6 Å². The smallest absolute Gasteiger partial charge is 0.228 e. The Kier molecular flexibility index (Phi) is 10.8. The highest BCUT2D eigenvalue weighted by Crippen LogP contribution is 2.32. The summed E-state index contributed by atoms with van der Waals surface area (Å²) < 4.78 is 5.68. The van der Waals surface area contributed by atoms with Gasteiger partial charge >= 0.3 is 0 Å². The third kappa shape index (κ3) is 8.11. The molecular weight excluding hydrogens is 606 g/mol. The maximum absolute atomic E-state index is 13.8. The molecule has 2 fully saturated rings. The second kappa shape index (κ2) is 15.6. The predicted molar refractivity (Wildman–Crippen MR) is 186 cm³/mol. The van der Waals surface area contributed by atoms with E-state index < -0.39 is 5.92 Å². The molecule has 1 atom stereocenters. The van der Waals surface area contributed by atoms with Crippen molar-refractivity contribution >= 4 is 29.2 Å². The quantitative estimate of drug-likeness (QED) is 0.289. The molecule has 6 rings (SSSR count). The number of nitrogens with one attached hydrogen (secondary N) is 1. The van der Waals surface area contributed by atoms with Crippen molar-refractivity contribution in [1.82, 2.24) is 14.9 Å². The number of aliphatic imine (C=N–C) groups is 1. The maximum Gasteiger partial charge on any atom is 0.228 e. The zero-order chi connectivity index (χ0) is 33.5. The maximum atomic E-state index is 13.8. The Labute approximate surface area is 281 Å². The fourth-order valence-electron chi connectivity index (χ4n) is 6.69. The summed E-state index contributed by atoms with van der Waals surface area (Å²) in [6.07, 6.45) is 6.04. The standard InChI is InChI=1S/C36H45N9O3/c1-44-15-17-45(18-16-44)36-38-22-31(35(42-36)48-2)26-7-3-24(4-8-26)19-29(20-32(46)27-9-5-25(21-37)6-10-27)34(47)41-30-13-11-28(12-14-30)33-39-23-40-43-33/h3-4,7-8,11-14,22,25,27,29H,5-6,9-10,15-21,23,37H2,1-2H3,(H,41,47)/t25?,27?,29-/m1/s1. The number of carbonyl (C=O) groups excluding carboxylic acids is 2. The number of anilines is 2. The molecule has 3 aromatic rings. The SMILES string of the molecule is COc1nc(N2CCN(C)CC2)ncc1-c1ccc(C[C@H](CC(=O)C2CCC(CN)CC2)C(=O)Nc2ccc(C3=NCN=N3)cc2)cc1. The zero-order valence-corrected chi connectivity index (χ0v) is 27.8. The van der Waals surface area contributed by atoms with Crippen molar-refractivity contribution in [3.05, 3.63) is 65.9 Å². The number of amidine groups is 1. The van der Waals surface area contributed by atoms with Gasteiger partial charge in [0, 0.05) is 61.9 Å². The van der Waals surface area contributed by atoms with Crippen molar-refractivity contribution in [3.63, 3.8) is 0 Å². The fraction of sp³-hybridized carbons (Fsp3) is 0.472. The number of hydrogen-bond acceptors (Lipinski definition) is 11. The van der Waals surface area contributed by atoms with Gasteiger partial charge in [0.2, 0.25) is 17.7 Å². The van der Waals surface area contributed by atoms with Gasteiger partial charge < -0.3 is 25.6 Å². The number of ketones is 1. The minimum absolute atomic E-state index is 0.0209. The molecule has 1 aliphatic carbocycles. The Morgan fingerprint density at radius 3 is 2.33 bits per heavy atom. The molecule has 3 aliphatic rings. The van der Waals surface area contributed by atoms with Crippen LogP contribution in [0.3, 0.4) is 0 Å². The Morgan fingerprint density at radius 2 is 1.69 bits per heavy atom. The summed E-state index contributed by atoms with van der Waals surface area (Å²) in [7, 11) is 3.74. The number of rotatable bonds is 12. The van der Waals surface area contributed by atoms with Gasteiger partial charge in [-0.2, -0.15) is 10.1 Å². The summed E-state index contributed by atoms with van der Waals surface area (Å²) in [5, 5.41) is 11.0. The highest BCUT2D eigenvalue weighted by Gasteiger charge is 2.30. The van der Waals surface area contributed by atoms with Gasteiger partial charge in [0.25, 0.3) is 0 Å². The normalized spacial score (nSPS) is 20.3. The first kappa shape index (κ1) is 33.4. The summed E-state index contributed by atoms with van der Waals surface area (Å²) >= 11 is 0. The number of benzene rings is 2. The van der Waals surface area contributed by atoms with E-state index in [1.54, 1.807) is 7.11 Å². The van der Waals surface area contributed by atoms with Gasteiger partial charge in [-0.1, -0.05) is 24.3 Å². The lowest BCUT2D eigenvalue weighted by atomic mass is 9.77. The third-order valence-electron chi connectivity index (χ3n) is 9.78. The number of carbonyl (C=O) groups is 2. The van der Waals surface area contributed by atoms with Gasteiger partial charge in [-0.05, 0) is 87.0 Å². The van der Waals surface area contributed by atoms with Crippen molar-refractivity contribution in [2.75, 3.05) is 63.8 Å². The lowest BCUT2D eigenvalue weighted by Gasteiger charge is -2.32. The number of azo groups is 1. The lowest BCUT2D eigenvalue weighted by Crippen LogP contribution is -2.45. The average Bonchev–Trinajstić information content (AvgIpc) is 3.67. The average molecular weight is 652 g/mol. The van der Waals surface area contributed by atoms with E-state index in [1.165, 1.54) is 0 Å². The molecule has 252 valence electrons. The molecule has 2 aliphatic heterocycles. The molecular formula is C36H45N9O3. The highest BCUT2D eigenvalue weighted by molar-refractivity contribution is 6.01. The molecule has 1 aromatic heterocycles. The van der Waals surface area contributed by atoms with E-state index in [-0.39, 0.29) is 24.0 Å². The molecule has 1 saturated carbocycles. The van der Waals surface area contributed by atoms with E-state index >= 15 is 0 Å². The van der Waals surface area contributed by atoms with Gasteiger partial charge in [-0.25, -0.2) is 9.98 Å². The summed E-state index contributed by atoms with van der Waals surface area (Å²) in [5.74, 6) is 1.69. The molecule has 0 radical (unpaired) electrons. The van der Waals surface area contributed by atoms with Crippen LogP contribution in [-0.2, 0) is 16.0 Å². The van der Waals surface area contributed by atoms with Crippen LogP contribution in [0, 0.1) is 17.8 Å². The lowest BCUT2D eigenvalue weighted by molar-refractivity contribution is -0.129. The molecule has 3 N–H and O–H groups in total. The molecule has 3 heterocycles. The molecule has 1 amide bonds. The second-order valence-electron chi connectivity index (χ2n) is 13.0. The van der Waals surface area contributed by atoms with Gasteiger partial charge in [0.15, 0.2) is 12.5 Å². The Morgan fingerprint density at radius 1 is 0.979 bits per heavy atom. The summed E-state index contributed by atoms with van der Waals surface area (Å²) in [5.41, 5.74) is 10.1. The van der Waals surface area contributed by atoms with Crippen LogP contribution in [0.1, 0.15) is 43.2 Å². The molecule has 0 bridgehead atoms. The molecule has 12 heteroatoms. The van der Waals surface area contributed by atoms with Crippen molar-refractivity contribution < 1.29 is 14.3 Å².